The number of nitrogens with zero attached hydrogens (tertiary/aromatic N) is 4. The molecule has 0 atom stereocenters. The number of fused-ring (bicyclic) bond motifs is 2. The number of nitrogens with one attached hydrogen (secondary N) is 3. The quantitative estimate of drug-likeness (QED) is 0.374. The van der Waals surface area contributed by atoms with Gasteiger partial charge in [-0.15, -0.1) is 10.6 Å². The highest BCUT2D eigenvalue weighted by Gasteiger charge is 2.21. The van der Waals surface area contributed by atoms with Gasteiger partial charge in [0.1, 0.15) is 6.61 Å². The number of nitrogen functional groups attached to an aromatic ring is 1. The molecule has 134 valence electrons. The van der Waals surface area contributed by atoms with Gasteiger partial charge in [0.25, 0.3) is 0 Å². The van der Waals surface area contributed by atoms with Crippen LogP contribution >= 0.6 is 0 Å². The van der Waals surface area contributed by atoms with E-state index in [-0.39, 0.29) is 18.4 Å². The third-order valence-electron chi connectivity index (χ3n) is 4.45. The zero-order valence-electron chi connectivity index (χ0n) is 14.1. The zero-order valence-corrected chi connectivity index (χ0v) is 14.1. The lowest BCUT2D eigenvalue weighted by Gasteiger charge is -2.12. The normalized spacial score (nSPS) is 12.6. The lowest BCUT2D eigenvalue weighted by Crippen LogP contribution is -2.19. The molecule has 1 aliphatic rings. The van der Waals surface area contributed by atoms with Crippen molar-refractivity contribution < 1.29 is 5.11 Å². The third kappa shape index (κ3) is 2.45. The van der Waals surface area contributed by atoms with Crippen molar-refractivity contribution >= 4 is 23.0 Å². The molecule has 27 heavy (non-hydrogen) atoms. The van der Waals surface area contributed by atoms with Crippen LogP contribution < -0.4 is 22.1 Å². The third-order valence-corrected chi connectivity index (χ3v) is 4.45. The number of nitrogens with two attached hydrogens (primary N) is 1. The van der Waals surface area contributed by atoms with E-state index < -0.39 is 0 Å². The van der Waals surface area contributed by atoms with Crippen molar-refractivity contribution in [1.82, 2.24) is 25.1 Å². The maximum absolute atomic E-state index is 9.48. The number of hydrogen-bond acceptors (Lipinski definition) is 8. The van der Waals surface area contributed by atoms with E-state index in [1.54, 1.807) is 0 Å². The molecule has 0 radical (unpaired) electrons. The van der Waals surface area contributed by atoms with Crippen molar-refractivity contribution in [3.8, 4) is 22.4 Å². The van der Waals surface area contributed by atoms with Crippen LogP contribution in [0, 0.1) is 0 Å². The summed E-state index contributed by atoms with van der Waals surface area (Å²) in [4.78, 5) is 9.07. The van der Waals surface area contributed by atoms with Gasteiger partial charge in [-0.2, -0.15) is 4.52 Å². The molecule has 0 unspecified atom stereocenters. The molecular formula is C18H16N8O. The highest BCUT2D eigenvalue weighted by Crippen LogP contribution is 2.38. The van der Waals surface area contributed by atoms with Crippen molar-refractivity contribution in [1.29, 1.82) is 0 Å². The standard InChI is InChI=1S/C18H16N8O/c19-18-21-16(10-4-2-1-3-5-10)15(17-20-14(9-27)24-26(17)18)11-6-7-12-13(8-11)23-25-22-12/h1-8,22-23,25,27H,9H2,(H2,19,21). The van der Waals surface area contributed by atoms with Crippen LogP contribution in [0.25, 0.3) is 28.0 Å². The Morgan fingerprint density at radius 3 is 2.59 bits per heavy atom. The van der Waals surface area contributed by atoms with E-state index in [0.717, 1.165) is 28.1 Å². The number of rotatable bonds is 3. The number of benzene rings is 2. The molecule has 2 aromatic carbocycles. The smallest absolute Gasteiger partial charge is 0.223 e. The van der Waals surface area contributed by atoms with Crippen LogP contribution in [0.2, 0.25) is 0 Å². The molecule has 3 heterocycles. The molecule has 0 amide bonds. The van der Waals surface area contributed by atoms with Crippen molar-refractivity contribution in [2.24, 2.45) is 0 Å². The molecule has 1 aliphatic heterocycles. The fourth-order valence-electron chi connectivity index (χ4n) is 3.22. The van der Waals surface area contributed by atoms with Crippen LogP contribution in [0.1, 0.15) is 5.82 Å². The van der Waals surface area contributed by atoms with Gasteiger partial charge in [0.2, 0.25) is 5.95 Å². The van der Waals surface area contributed by atoms with Gasteiger partial charge in [0.15, 0.2) is 11.5 Å². The molecule has 0 spiro atoms. The Labute approximate surface area is 153 Å². The first-order chi connectivity index (χ1) is 13.2. The van der Waals surface area contributed by atoms with E-state index >= 15 is 0 Å². The number of aliphatic hydroxyl groups excluding tert-OH is 1. The summed E-state index contributed by atoms with van der Waals surface area (Å²) < 4.78 is 1.46. The summed E-state index contributed by atoms with van der Waals surface area (Å²) in [5.74, 6) is 0.500. The second kappa shape index (κ2) is 5.94. The fraction of sp³-hybridized carbons (Fsp3) is 0.0556. The minimum atomic E-state index is -0.277. The van der Waals surface area contributed by atoms with E-state index in [4.69, 9.17) is 5.73 Å². The first kappa shape index (κ1) is 15.6. The minimum absolute atomic E-state index is 0.211. The Balaban J connectivity index is 1.85. The van der Waals surface area contributed by atoms with Crippen LogP contribution in [0.3, 0.4) is 0 Å². The second-order valence-electron chi connectivity index (χ2n) is 6.12. The maximum atomic E-state index is 9.48. The second-order valence-corrected chi connectivity index (χ2v) is 6.12. The van der Waals surface area contributed by atoms with Gasteiger partial charge in [-0.25, -0.2) is 9.97 Å². The maximum Gasteiger partial charge on any atom is 0.223 e. The summed E-state index contributed by atoms with van der Waals surface area (Å²) in [7, 11) is 0. The zero-order chi connectivity index (χ0) is 18.4. The average Bonchev–Trinajstić information content (AvgIpc) is 3.35. The van der Waals surface area contributed by atoms with Gasteiger partial charge >= 0.3 is 0 Å². The summed E-state index contributed by atoms with van der Waals surface area (Å²) in [5, 5.41) is 13.7. The highest BCUT2D eigenvalue weighted by molar-refractivity contribution is 5.93. The molecule has 0 saturated heterocycles. The van der Waals surface area contributed by atoms with E-state index in [1.165, 1.54) is 4.52 Å². The Bertz CT molecular complexity index is 1160. The number of hydrogen-bond donors (Lipinski definition) is 5. The lowest BCUT2D eigenvalue weighted by atomic mass is 9.99. The SMILES string of the molecule is Nc1nc(-c2ccccc2)c(-c2ccc3c(c2)NNN3)c2nc(CO)nn12. The molecule has 5 rings (SSSR count). The van der Waals surface area contributed by atoms with Crippen molar-refractivity contribution in [3.05, 3.63) is 54.4 Å². The number of aliphatic hydroxyl groups is 1. The largest absolute Gasteiger partial charge is 0.388 e. The predicted octanol–water partition coefficient (Wildman–Crippen LogP) is 1.79. The molecule has 9 nitrogen and oxygen atoms in total. The summed E-state index contributed by atoms with van der Waals surface area (Å²) in [6.45, 7) is -0.277. The number of aromatic nitrogens is 4. The Kier molecular flexibility index (Phi) is 3.42. The molecule has 6 N–H and O–H groups in total. The molecule has 0 bridgehead atoms. The molecular weight excluding hydrogens is 344 g/mol. The average molecular weight is 360 g/mol. The fourth-order valence-corrected chi connectivity index (χ4v) is 3.22. The first-order valence-corrected chi connectivity index (χ1v) is 8.37. The van der Waals surface area contributed by atoms with Crippen LogP contribution in [-0.2, 0) is 6.61 Å². The van der Waals surface area contributed by atoms with Crippen LogP contribution in [0.5, 0.6) is 0 Å². The monoisotopic (exact) mass is 360 g/mol. The van der Waals surface area contributed by atoms with Gasteiger partial charge in [0.05, 0.1) is 22.6 Å². The van der Waals surface area contributed by atoms with Crippen molar-refractivity contribution in [3.63, 3.8) is 0 Å². The number of anilines is 3. The van der Waals surface area contributed by atoms with Crippen LogP contribution in [0.15, 0.2) is 48.5 Å². The summed E-state index contributed by atoms with van der Waals surface area (Å²) in [5.41, 5.74) is 20.8. The van der Waals surface area contributed by atoms with Gasteiger partial charge in [-0.1, -0.05) is 36.4 Å². The summed E-state index contributed by atoms with van der Waals surface area (Å²) in [6, 6.07) is 15.7. The van der Waals surface area contributed by atoms with Crippen molar-refractivity contribution in [2.75, 3.05) is 16.6 Å². The lowest BCUT2D eigenvalue weighted by molar-refractivity contribution is 0.271. The molecule has 0 saturated carbocycles. The van der Waals surface area contributed by atoms with Gasteiger partial charge < -0.3 is 21.7 Å². The first-order valence-electron chi connectivity index (χ1n) is 8.37. The molecule has 9 heteroatoms. The topological polar surface area (TPSA) is 125 Å². The number of hydrazine groups is 2. The molecule has 0 aliphatic carbocycles. The van der Waals surface area contributed by atoms with E-state index in [1.807, 2.05) is 48.5 Å². The molecule has 2 aromatic heterocycles. The van der Waals surface area contributed by atoms with E-state index in [9.17, 15) is 5.11 Å². The van der Waals surface area contributed by atoms with Crippen molar-refractivity contribution in [2.45, 2.75) is 6.61 Å². The Morgan fingerprint density at radius 1 is 0.963 bits per heavy atom. The predicted molar refractivity (Wildman–Crippen MR) is 102 cm³/mol. The van der Waals surface area contributed by atoms with Gasteiger partial charge in [-0.05, 0) is 17.7 Å². The Hall–Kier alpha value is -3.69. The minimum Gasteiger partial charge on any atom is -0.388 e. The van der Waals surface area contributed by atoms with Crippen LogP contribution in [0.4, 0.5) is 17.3 Å². The van der Waals surface area contributed by atoms with E-state index in [0.29, 0.717) is 11.3 Å². The summed E-state index contributed by atoms with van der Waals surface area (Å²) in [6.07, 6.45) is 0. The molecule has 0 fully saturated rings. The Morgan fingerprint density at radius 2 is 1.78 bits per heavy atom. The summed E-state index contributed by atoms with van der Waals surface area (Å²) >= 11 is 0. The van der Waals surface area contributed by atoms with E-state index in [2.05, 4.69) is 31.5 Å². The van der Waals surface area contributed by atoms with Gasteiger partial charge in [0, 0.05) is 5.56 Å². The molecule has 4 aromatic rings. The van der Waals surface area contributed by atoms with Crippen LogP contribution in [-0.4, -0.2) is 24.7 Å². The van der Waals surface area contributed by atoms with Gasteiger partial charge in [-0.3, -0.25) is 0 Å². The highest BCUT2D eigenvalue weighted by atomic mass is 16.3.